The fourth-order valence-corrected chi connectivity index (χ4v) is 12.1. The third-order valence-electron chi connectivity index (χ3n) is 11.8. The zero-order valence-electron chi connectivity index (χ0n) is 36.7. The monoisotopic (exact) mass is 967 g/mol. The van der Waals surface area contributed by atoms with Gasteiger partial charge in [-0.3, -0.25) is 23.7 Å². The molecule has 69 heavy (non-hydrogen) atoms. The summed E-state index contributed by atoms with van der Waals surface area (Å²) in [6, 6.07) is 51.0. The minimum Gasteiger partial charge on any atom is -0.448 e. The van der Waals surface area contributed by atoms with E-state index in [0.717, 1.165) is 22.3 Å². The number of oxime groups is 1. The molecular formula is C53H41N7O6S3. The molecule has 3 aromatic heterocycles. The van der Waals surface area contributed by atoms with Gasteiger partial charge in [-0.2, -0.15) is 0 Å². The summed E-state index contributed by atoms with van der Waals surface area (Å²) in [4.78, 5) is 64.2. The van der Waals surface area contributed by atoms with Crippen molar-refractivity contribution in [2.75, 3.05) is 18.2 Å². The number of rotatable bonds is 15. The molecule has 342 valence electrons. The Bertz CT molecular complexity index is 3070. The zero-order valence-corrected chi connectivity index (χ0v) is 39.2. The summed E-state index contributed by atoms with van der Waals surface area (Å²) in [6.45, 7) is 0. The van der Waals surface area contributed by atoms with Gasteiger partial charge in [0.05, 0.1) is 21.4 Å². The van der Waals surface area contributed by atoms with Gasteiger partial charge in [0.1, 0.15) is 40.5 Å². The zero-order chi connectivity index (χ0) is 47.3. The van der Waals surface area contributed by atoms with E-state index in [1.54, 1.807) is 24.0 Å². The van der Waals surface area contributed by atoms with Crippen molar-refractivity contribution in [3.05, 3.63) is 232 Å². The number of fused-ring (bicyclic) bond motifs is 1. The van der Waals surface area contributed by atoms with E-state index >= 15 is 0 Å². The van der Waals surface area contributed by atoms with Crippen molar-refractivity contribution in [2.45, 2.75) is 23.1 Å². The first-order valence-electron chi connectivity index (χ1n) is 21.8. The highest BCUT2D eigenvalue weighted by Gasteiger charge is 2.58. The number of anilines is 1. The van der Waals surface area contributed by atoms with Crippen LogP contribution in [-0.2, 0) is 40.3 Å². The predicted octanol–water partition coefficient (Wildman–Crippen LogP) is 8.58. The van der Waals surface area contributed by atoms with Crippen LogP contribution in [0.5, 0.6) is 0 Å². The predicted molar refractivity (Wildman–Crippen MR) is 267 cm³/mol. The SMILES string of the molecule is CON=C(C(=O)NC1C(=O)N2C(C(=O)OC(c3ccccc3)c3ccccc3)=C(c3cnc(-c4ccncc4)s3)CS(=O)C12)c1csc(NC(c2ccccc2)(c2ccccc2)c2ccccc2)n1. The van der Waals surface area contributed by atoms with Gasteiger partial charge in [0.2, 0.25) is 0 Å². The number of amides is 2. The Hall–Kier alpha value is -7.92. The van der Waals surface area contributed by atoms with E-state index < -0.39 is 51.6 Å². The summed E-state index contributed by atoms with van der Waals surface area (Å²) in [6.07, 6.45) is 4.06. The number of nitrogens with one attached hydrogen (secondary N) is 2. The molecule has 2 N–H and O–H groups in total. The fraction of sp³-hybridized carbons (Fsp3) is 0.113. The quantitative estimate of drug-likeness (QED) is 0.0334. The number of thiazole rings is 2. The molecule has 1 fully saturated rings. The third kappa shape index (κ3) is 8.76. The van der Waals surface area contributed by atoms with Gasteiger partial charge in [-0.15, -0.1) is 22.7 Å². The first-order chi connectivity index (χ1) is 33.8. The number of ether oxygens (including phenoxy) is 1. The van der Waals surface area contributed by atoms with Gasteiger partial charge in [-0.05, 0) is 39.9 Å². The normalized spacial score (nSPS) is 16.9. The van der Waals surface area contributed by atoms with Crippen LogP contribution in [0.2, 0.25) is 0 Å². The molecule has 13 nitrogen and oxygen atoms in total. The number of β-lactam (4-membered cyclic amide) rings is 1. The summed E-state index contributed by atoms with van der Waals surface area (Å²) in [7, 11) is -0.504. The second-order valence-electron chi connectivity index (χ2n) is 15.9. The lowest BCUT2D eigenvalue weighted by molar-refractivity contribution is -0.154. The molecule has 1 saturated heterocycles. The van der Waals surface area contributed by atoms with Crippen molar-refractivity contribution < 1.29 is 28.2 Å². The third-order valence-corrected chi connectivity index (χ3v) is 15.3. The van der Waals surface area contributed by atoms with Crippen LogP contribution in [0.1, 0.15) is 44.5 Å². The van der Waals surface area contributed by atoms with Crippen LogP contribution in [0.3, 0.4) is 0 Å². The number of carbonyl (C=O) groups is 3. The molecule has 16 heteroatoms. The smallest absolute Gasteiger partial charge is 0.356 e. The molecule has 0 spiro atoms. The van der Waals surface area contributed by atoms with E-state index in [2.05, 4.69) is 25.8 Å². The molecule has 2 aliphatic rings. The Morgan fingerprint density at radius 2 is 1.35 bits per heavy atom. The Balaban J connectivity index is 0.961. The second kappa shape index (κ2) is 19.7. The van der Waals surface area contributed by atoms with Crippen LogP contribution in [-0.4, -0.2) is 71.8 Å². The summed E-state index contributed by atoms with van der Waals surface area (Å²) in [5, 5.41) is 12.2. The van der Waals surface area contributed by atoms with Gasteiger partial charge >= 0.3 is 5.97 Å². The van der Waals surface area contributed by atoms with Gasteiger partial charge in [-0.1, -0.05) is 157 Å². The molecule has 3 unspecified atom stereocenters. The molecule has 10 rings (SSSR count). The minimum atomic E-state index is -1.81. The van der Waals surface area contributed by atoms with Crippen LogP contribution in [0.25, 0.3) is 16.1 Å². The number of pyridine rings is 1. The number of hydrogen-bond acceptors (Lipinski definition) is 13. The molecule has 8 aromatic rings. The molecule has 0 saturated carbocycles. The number of esters is 1. The summed E-state index contributed by atoms with van der Waals surface area (Å²) in [5.74, 6) is -2.38. The largest absolute Gasteiger partial charge is 0.448 e. The lowest BCUT2D eigenvalue weighted by atomic mass is 9.77. The average molecular weight is 968 g/mol. The molecule has 5 aromatic carbocycles. The van der Waals surface area contributed by atoms with Gasteiger partial charge < -0.3 is 20.2 Å². The van der Waals surface area contributed by atoms with Crippen molar-refractivity contribution in [1.29, 1.82) is 0 Å². The van der Waals surface area contributed by atoms with E-state index in [0.29, 0.717) is 31.7 Å². The van der Waals surface area contributed by atoms with E-state index in [4.69, 9.17) is 14.6 Å². The first-order valence-corrected chi connectivity index (χ1v) is 24.9. The molecule has 3 atom stereocenters. The Labute approximate surface area is 407 Å². The number of aromatic nitrogens is 3. The molecule has 0 radical (unpaired) electrons. The summed E-state index contributed by atoms with van der Waals surface area (Å²) < 4.78 is 20.8. The van der Waals surface area contributed by atoms with E-state index in [1.165, 1.54) is 34.7 Å². The molecule has 5 heterocycles. The Kier molecular flexibility index (Phi) is 12.8. The first kappa shape index (κ1) is 44.9. The van der Waals surface area contributed by atoms with E-state index in [1.807, 2.05) is 164 Å². The van der Waals surface area contributed by atoms with Crippen LogP contribution in [0.4, 0.5) is 5.13 Å². The highest BCUT2D eigenvalue weighted by atomic mass is 32.2. The molecule has 0 bridgehead atoms. The number of hydrogen-bond donors (Lipinski definition) is 2. The van der Waals surface area contributed by atoms with Crippen molar-refractivity contribution in [3.63, 3.8) is 0 Å². The van der Waals surface area contributed by atoms with Crippen LogP contribution < -0.4 is 10.6 Å². The summed E-state index contributed by atoms with van der Waals surface area (Å²) in [5.41, 5.74) is 4.42. The topological polar surface area (TPSA) is 165 Å². The van der Waals surface area contributed by atoms with Crippen molar-refractivity contribution in [2.24, 2.45) is 5.16 Å². The number of benzene rings is 5. The lowest BCUT2D eigenvalue weighted by Crippen LogP contribution is -2.74. The van der Waals surface area contributed by atoms with Crippen LogP contribution in [0.15, 0.2) is 199 Å². The van der Waals surface area contributed by atoms with Gasteiger partial charge in [0.25, 0.3) is 11.8 Å². The average Bonchev–Trinajstić information content (AvgIpc) is 4.10. The second-order valence-corrected chi connectivity index (χ2v) is 19.3. The molecular weight excluding hydrogens is 927 g/mol. The number of nitrogens with zero attached hydrogens (tertiary/aromatic N) is 5. The number of carbonyl (C=O) groups excluding carboxylic acids is 3. The van der Waals surface area contributed by atoms with Gasteiger partial charge in [-0.25, -0.2) is 14.8 Å². The fourth-order valence-electron chi connectivity index (χ4n) is 8.63. The molecule has 2 aliphatic heterocycles. The van der Waals surface area contributed by atoms with Crippen molar-refractivity contribution in [3.8, 4) is 10.6 Å². The van der Waals surface area contributed by atoms with Crippen LogP contribution in [0, 0.1) is 0 Å². The Morgan fingerprint density at radius 1 is 0.797 bits per heavy atom. The van der Waals surface area contributed by atoms with E-state index in [-0.39, 0.29) is 22.9 Å². The summed E-state index contributed by atoms with van der Waals surface area (Å²) >= 11 is 2.55. The molecule has 0 aliphatic carbocycles. The minimum absolute atomic E-state index is 0.0726. The van der Waals surface area contributed by atoms with Gasteiger partial charge in [0.15, 0.2) is 16.9 Å². The highest BCUT2D eigenvalue weighted by Crippen LogP contribution is 2.43. The maximum absolute atomic E-state index is 14.8. The maximum atomic E-state index is 14.8. The van der Waals surface area contributed by atoms with Crippen molar-refractivity contribution >= 4 is 67.7 Å². The van der Waals surface area contributed by atoms with Crippen molar-refractivity contribution in [1.82, 2.24) is 25.2 Å². The van der Waals surface area contributed by atoms with E-state index in [9.17, 15) is 18.6 Å². The maximum Gasteiger partial charge on any atom is 0.356 e. The Morgan fingerprint density at radius 3 is 1.90 bits per heavy atom. The standard InChI is InChI=1S/C53H41N7O6S3/c1-65-59-43(41-32-67-52(56-41)58-53(37-21-11-4-12-22-37,38-23-13-5-14-24-38)39-25-15-6-16-26-39)47(61)57-44-49(62)60-45(51(63)66-46(34-17-7-2-8-18-34)35-19-9-3-10-20-35)40(33-69(64)50(44)60)42-31-55-48(68-42)36-27-29-54-30-28-36/h2-32,44,46,50H,33H2,1H3,(H,56,58)(H,57,61). The van der Waals surface area contributed by atoms with Gasteiger partial charge in [0, 0.05) is 35.1 Å². The molecule has 2 amide bonds. The highest BCUT2D eigenvalue weighted by molar-refractivity contribution is 7.86. The lowest BCUT2D eigenvalue weighted by Gasteiger charge is -2.49. The van der Waals surface area contributed by atoms with Crippen LogP contribution >= 0.6 is 22.7 Å².